The van der Waals surface area contributed by atoms with Gasteiger partial charge in [-0.15, -0.1) is 11.3 Å². The van der Waals surface area contributed by atoms with Crippen molar-refractivity contribution in [2.75, 3.05) is 6.61 Å². The molecule has 0 amide bonds. The number of aromatic nitrogens is 1. The van der Waals surface area contributed by atoms with E-state index in [9.17, 15) is 4.79 Å². The van der Waals surface area contributed by atoms with Crippen molar-refractivity contribution in [2.45, 2.75) is 32.9 Å². The van der Waals surface area contributed by atoms with Gasteiger partial charge in [0.2, 0.25) is 0 Å². The quantitative estimate of drug-likeness (QED) is 0.780. The van der Waals surface area contributed by atoms with Crippen LogP contribution in [-0.4, -0.2) is 23.6 Å². The maximum atomic E-state index is 11.7. The largest absolute Gasteiger partial charge is 0.465 e. The third kappa shape index (κ3) is 3.60. The van der Waals surface area contributed by atoms with Gasteiger partial charge in [-0.2, -0.15) is 0 Å². The number of hydrogen-bond acceptors (Lipinski definition) is 5. The Labute approximate surface area is 93.7 Å². The summed E-state index contributed by atoms with van der Waals surface area (Å²) in [5, 5.41) is 5.74. The molecule has 1 aromatic rings. The number of esters is 1. The topological polar surface area (TPSA) is 51.2 Å². The lowest BCUT2D eigenvalue weighted by molar-refractivity contribution is -0.146. The van der Waals surface area contributed by atoms with Crippen LogP contribution < -0.4 is 5.32 Å². The first-order valence-corrected chi connectivity index (χ1v) is 5.85. The van der Waals surface area contributed by atoms with E-state index in [4.69, 9.17) is 4.74 Å². The average molecular weight is 228 g/mol. The molecule has 0 radical (unpaired) electrons. The number of rotatable bonds is 5. The summed E-state index contributed by atoms with van der Waals surface area (Å²) in [6, 6.07) is -0.228. The van der Waals surface area contributed by atoms with Crippen molar-refractivity contribution < 1.29 is 9.53 Å². The van der Waals surface area contributed by atoms with E-state index in [1.54, 1.807) is 13.1 Å². The van der Waals surface area contributed by atoms with Crippen molar-refractivity contribution >= 4 is 17.3 Å². The average Bonchev–Trinajstić information content (AvgIpc) is 2.66. The Morgan fingerprint density at radius 2 is 2.40 bits per heavy atom. The third-order valence-corrected chi connectivity index (χ3v) is 2.56. The van der Waals surface area contributed by atoms with E-state index in [0.717, 1.165) is 5.01 Å². The molecular formula is C10H16N2O2S. The molecule has 0 fully saturated rings. The molecule has 15 heavy (non-hydrogen) atoms. The zero-order valence-corrected chi connectivity index (χ0v) is 10.0. The van der Waals surface area contributed by atoms with E-state index >= 15 is 0 Å². The molecule has 0 aromatic carbocycles. The number of hydrogen-bond donors (Lipinski definition) is 1. The van der Waals surface area contributed by atoms with Gasteiger partial charge in [0, 0.05) is 17.6 Å². The smallest absolute Gasteiger partial charge is 0.330 e. The van der Waals surface area contributed by atoms with Crippen LogP contribution in [0.5, 0.6) is 0 Å². The lowest BCUT2D eigenvalue weighted by atomic mass is 10.2. The molecule has 1 atom stereocenters. The van der Waals surface area contributed by atoms with Crippen LogP contribution in [0.15, 0.2) is 11.6 Å². The number of carbonyl (C=O) groups excluding carboxylic acids is 1. The van der Waals surface area contributed by atoms with Crippen LogP contribution >= 0.6 is 11.3 Å². The summed E-state index contributed by atoms with van der Waals surface area (Å²) in [6.07, 6.45) is 1.69. The Morgan fingerprint density at radius 3 is 2.87 bits per heavy atom. The zero-order valence-electron chi connectivity index (χ0n) is 9.19. The van der Waals surface area contributed by atoms with E-state index in [1.165, 1.54) is 11.3 Å². The second kappa shape index (κ2) is 5.82. The van der Waals surface area contributed by atoms with E-state index in [1.807, 2.05) is 19.2 Å². The number of thiazole rings is 1. The molecule has 0 saturated heterocycles. The normalized spacial score (nSPS) is 12.8. The Bertz CT molecular complexity index is 298. The first-order valence-electron chi connectivity index (χ1n) is 4.97. The van der Waals surface area contributed by atoms with Crippen LogP contribution in [0.2, 0.25) is 0 Å². The first kappa shape index (κ1) is 12.1. The van der Waals surface area contributed by atoms with Gasteiger partial charge in [0.05, 0.1) is 6.61 Å². The maximum Gasteiger partial charge on any atom is 0.330 e. The standard InChI is InChI=1S/C10H16N2O2S/c1-4-14-10(13)8(12-7(2)3)9-11-5-6-15-9/h5-8,12H,4H2,1-3H3. The molecular weight excluding hydrogens is 212 g/mol. The first-order chi connectivity index (χ1) is 7.15. The number of carbonyl (C=O) groups is 1. The minimum absolute atomic E-state index is 0.211. The van der Waals surface area contributed by atoms with Crippen LogP contribution in [0.1, 0.15) is 31.8 Å². The van der Waals surface area contributed by atoms with Crippen LogP contribution in [0.3, 0.4) is 0 Å². The molecule has 0 aliphatic heterocycles. The van der Waals surface area contributed by atoms with E-state index in [-0.39, 0.29) is 12.0 Å². The number of nitrogens with zero attached hydrogens (tertiary/aromatic N) is 1. The van der Waals surface area contributed by atoms with Gasteiger partial charge in [-0.3, -0.25) is 5.32 Å². The summed E-state index contributed by atoms with van der Waals surface area (Å²) >= 11 is 1.45. The molecule has 1 aromatic heterocycles. The number of ether oxygens (including phenoxy) is 1. The Hall–Kier alpha value is -0.940. The molecule has 0 aliphatic rings. The molecule has 0 bridgehead atoms. The molecule has 1 unspecified atom stereocenters. The summed E-state index contributed by atoms with van der Waals surface area (Å²) in [6.45, 7) is 6.16. The van der Waals surface area contributed by atoms with E-state index < -0.39 is 6.04 Å². The van der Waals surface area contributed by atoms with Crippen LogP contribution in [0.25, 0.3) is 0 Å². The molecule has 0 spiro atoms. The highest BCUT2D eigenvalue weighted by atomic mass is 32.1. The fourth-order valence-electron chi connectivity index (χ4n) is 1.18. The predicted molar refractivity (Wildman–Crippen MR) is 59.8 cm³/mol. The van der Waals surface area contributed by atoms with Gasteiger partial charge in [-0.05, 0) is 20.8 Å². The van der Waals surface area contributed by atoms with Crippen molar-refractivity contribution in [3.05, 3.63) is 16.6 Å². The lowest BCUT2D eigenvalue weighted by Crippen LogP contribution is -2.34. The highest BCUT2D eigenvalue weighted by Gasteiger charge is 2.24. The summed E-state index contributed by atoms with van der Waals surface area (Å²) in [5.41, 5.74) is 0. The van der Waals surface area contributed by atoms with Crippen molar-refractivity contribution in [2.24, 2.45) is 0 Å². The molecule has 0 aliphatic carbocycles. The van der Waals surface area contributed by atoms with Gasteiger partial charge < -0.3 is 4.74 Å². The van der Waals surface area contributed by atoms with E-state index in [2.05, 4.69) is 10.3 Å². The maximum absolute atomic E-state index is 11.7. The van der Waals surface area contributed by atoms with E-state index in [0.29, 0.717) is 6.61 Å². The molecule has 5 heteroatoms. The summed E-state index contributed by atoms with van der Waals surface area (Å²) in [7, 11) is 0. The molecule has 84 valence electrons. The van der Waals surface area contributed by atoms with Crippen LogP contribution in [-0.2, 0) is 9.53 Å². The summed E-state index contributed by atoms with van der Waals surface area (Å²) in [5.74, 6) is -0.263. The highest BCUT2D eigenvalue weighted by molar-refractivity contribution is 7.09. The van der Waals surface area contributed by atoms with Gasteiger partial charge >= 0.3 is 5.97 Å². The minimum Gasteiger partial charge on any atom is -0.465 e. The Balaban J connectivity index is 2.74. The van der Waals surface area contributed by atoms with Crippen molar-refractivity contribution in [1.29, 1.82) is 0 Å². The minimum atomic E-state index is -0.440. The summed E-state index contributed by atoms with van der Waals surface area (Å²) < 4.78 is 4.99. The molecule has 1 rings (SSSR count). The lowest BCUT2D eigenvalue weighted by Gasteiger charge is -2.17. The predicted octanol–water partition coefficient (Wildman–Crippen LogP) is 1.75. The second-order valence-corrected chi connectivity index (χ2v) is 4.30. The van der Waals surface area contributed by atoms with Crippen molar-refractivity contribution in [3.63, 3.8) is 0 Å². The molecule has 4 nitrogen and oxygen atoms in total. The number of nitrogens with one attached hydrogen (secondary N) is 1. The fourth-order valence-corrected chi connectivity index (χ4v) is 1.86. The van der Waals surface area contributed by atoms with Gasteiger partial charge in [0.15, 0.2) is 6.04 Å². The molecule has 1 heterocycles. The van der Waals surface area contributed by atoms with Crippen LogP contribution in [0, 0.1) is 0 Å². The van der Waals surface area contributed by atoms with Crippen LogP contribution in [0.4, 0.5) is 0 Å². The zero-order chi connectivity index (χ0) is 11.3. The van der Waals surface area contributed by atoms with Gasteiger partial charge in [-0.1, -0.05) is 0 Å². The highest BCUT2D eigenvalue weighted by Crippen LogP contribution is 2.17. The third-order valence-electron chi connectivity index (χ3n) is 1.72. The van der Waals surface area contributed by atoms with Crippen molar-refractivity contribution in [1.82, 2.24) is 10.3 Å². The van der Waals surface area contributed by atoms with Crippen molar-refractivity contribution in [3.8, 4) is 0 Å². The van der Waals surface area contributed by atoms with Gasteiger partial charge in [0.25, 0.3) is 0 Å². The Kier molecular flexibility index (Phi) is 4.71. The monoisotopic (exact) mass is 228 g/mol. The second-order valence-electron chi connectivity index (χ2n) is 3.38. The molecule has 0 saturated carbocycles. The van der Waals surface area contributed by atoms with Gasteiger partial charge in [-0.25, -0.2) is 9.78 Å². The SMILES string of the molecule is CCOC(=O)C(NC(C)C)c1nccs1. The van der Waals surface area contributed by atoms with Gasteiger partial charge in [0.1, 0.15) is 5.01 Å². The summed E-state index contributed by atoms with van der Waals surface area (Å²) in [4.78, 5) is 15.8. The Morgan fingerprint density at radius 1 is 1.67 bits per heavy atom. The fraction of sp³-hybridized carbons (Fsp3) is 0.600. The molecule has 1 N–H and O–H groups in total.